The zero-order valence-corrected chi connectivity index (χ0v) is 11.0. The van der Waals surface area contributed by atoms with Gasteiger partial charge in [0.1, 0.15) is 0 Å². The Bertz CT molecular complexity index is 464. The van der Waals surface area contributed by atoms with Crippen molar-refractivity contribution in [3.05, 3.63) is 28.2 Å². The summed E-state index contributed by atoms with van der Waals surface area (Å²) in [5, 5.41) is 14.2. The molecule has 1 unspecified atom stereocenters. The molecular weight excluding hydrogens is 279 g/mol. The van der Waals surface area contributed by atoms with Crippen LogP contribution in [0.1, 0.15) is 6.92 Å². The molecule has 0 aliphatic rings. The van der Waals surface area contributed by atoms with E-state index in [0.717, 1.165) is 0 Å². The van der Waals surface area contributed by atoms with Crippen LogP contribution in [-0.2, 0) is 9.59 Å². The Balaban J connectivity index is 2.64. The van der Waals surface area contributed by atoms with E-state index in [2.05, 4.69) is 10.6 Å². The molecule has 98 valence electrons. The van der Waals surface area contributed by atoms with E-state index < -0.39 is 17.9 Å². The lowest BCUT2D eigenvalue weighted by molar-refractivity contribution is -0.136. The summed E-state index contributed by atoms with van der Waals surface area (Å²) in [5.41, 5.74) is 0.251. The number of amides is 2. The molecule has 0 fully saturated rings. The maximum Gasteiger partial charge on any atom is 0.313 e. The van der Waals surface area contributed by atoms with Gasteiger partial charge in [-0.05, 0) is 25.1 Å². The normalized spacial score (nSPS) is 11.8. The van der Waals surface area contributed by atoms with Crippen molar-refractivity contribution in [1.82, 2.24) is 5.32 Å². The summed E-state index contributed by atoms with van der Waals surface area (Å²) in [6.07, 6.45) is -0.725. The fourth-order valence-electron chi connectivity index (χ4n) is 1.09. The highest BCUT2D eigenvalue weighted by Gasteiger charge is 2.15. The predicted octanol–water partition coefficient (Wildman–Crippen LogP) is 1.43. The molecular formula is C11H12Cl2N2O3. The smallest absolute Gasteiger partial charge is 0.313 e. The van der Waals surface area contributed by atoms with Crippen LogP contribution >= 0.6 is 23.2 Å². The summed E-state index contributed by atoms with van der Waals surface area (Å²) in [7, 11) is 0. The molecule has 2 amide bonds. The average molecular weight is 291 g/mol. The number of aliphatic hydroxyl groups excluding tert-OH is 1. The van der Waals surface area contributed by atoms with Gasteiger partial charge in [0.25, 0.3) is 0 Å². The van der Waals surface area contributed by atoms with Crippen LogP contribution in [0.3, 0.4) is 0 Å². The van der Waals surface area contributed by atoms with E-state index in [-0.39, 0.29) is 17.3 Å². The van der Waals surface area contributed by atoms with Crippen LogP contribution in [0.15, 0.2) is 18.2 Å². The van der Waals surface area contributed by atoms with Gasteiger partial charge in [-0.2, -0.15) is 0 Å². The van der Waals surface area contributed by atoms with Crippen LogP contribution in [-0.4, -0.2) is 29.6 Å². The lowest BCUT2D eigenvalue weighted by Gasteiger charge is -2.09. The Morgan fingerprint density at radius 3 is 2.61 bits per heavy atom. The Hall–Kier alpha value is -1.30. The highest BCUT2D eigenvalue weighted by atomic mass is 35.5. The third-order valence-corrected chi connectivity index (χ3v) is 2.51. The molecule has 0 aromatic heterocycles. The summed E-state index contributed by atoms with van der Waals surface area (Å²) < 4.78 is 0. The maximum absolute atomic E-state index is 11.5. The number of hydrogen-bond donors (Lipinski definition) is 3. The Labute approximate surface area is 114 Å². The second-order valence-electron chi connectivity index (χ2n) is 3.64. The minimum atomic E-state index is -0.875. The molecule has 18 heavy (non-hydrogen) atoms. The van der Waals surface area contributed by atoms with Gasteiger partial charge in [-0.3, -0.25) is 9.59 Å². The van der Waals surface area contributed by atoms with Crippen LogP contribution in [0, 0.1) is 0 Å². The number of aliphatic hydroxyl groups is 1. The number of carbonyl (C=O) groups excluding carboxylic acids is 2. The number of halogens is 2. The van der Waals surface area contributed by atoms with Crippen molar-refractivity contribution in [2.45, 2.75) is 13.0 Å². The largest absolute Gasteiger partial charge is 0.392 e. The first-order valence-electron chi connectivity index (χ1n) is 5.12. The minimum Gasteiger partial charge on any atom is -0.392 e. The molecule has 5 nitrogen and oxygen atoms in total. The molecule has 1 atom stereocenters. The summed E-state index contributed by atoms with van der Waals surface area (Å²) in [5.74, 6) is -1.73. The number of hydrogen-bond acceptors (Lipinski definition) is 3. The molecule has 0 bridgehead atoms. The molecule has 7 heteroatoms. The fraction of sp³-hybridized carbons (Fsp3) is 0.273. The summed E-state index contributed by atoms with van der Waals surface area (Å²) in [6, 6.07) is 4.50. The summed E-state index contributed by atoms with van der Waals surface area (Å²) in [4.78, 5) is 22.8. The van der Waals surface area contributed by atoms with Gasteiger partial charge in [0, 0.05) is 11.6 Å². The van der Waals surface area contributed by atoms with Crippen LogP contribution in [0.2, 0.25) is 10.0 Å². The van der Waals surface area contributed by atoms with E-state index >= 15 is 0 Å². The zero-order valence-electron chi connectivity index (χ0n) is 9.54. The number of rotatable bonds is 3. The molecule has 0 radical (unpaired) electrons. The van der Waals surface area contributed by atoms with Gasteiger partial charge in [-0.1, -0.05) is 23.2 Å². The summed E-state index contributed by atoms with van der Waals surface area (Å²) in [6.45, 7) is 1.49. The molecule has 1 aromatic rings. The highest BCUT2D eigenvalue weighted by molar-refractivity contribution is 6.42. The molecule has 0 heterocycles. The van der Waals surface area contributed by atoms with E-state index in [1.165, 1.54) is 19.1 Å². The van der Waals surface area contributed by atoms with Crippen LogP contribution < -0.4 is 10.6 Å². The second-order valence-corrected chi connectivity index (χ2v) is 4.48. The quantitative estimate of drug-likeness (QED) is 0.737. The van der Waals surface area contributed by atoms with Crippen molar-refractivity contribution in [1.29, 1.82) is 0 Å². The van der Waals surface area contributed by atoms with Gasteiger partial charge in [-0.25, -0.2) is 0 Å². The van der Waals surface area contributed by atoms with Crippen molar-refractivity contribution >= 4 is 40.7 Å². The fourth-order valence-corrected chi connectivity index (χ4v) is 1.43. The molecule has 0 aliphatic carbocycles. The number of anilines is 1. The molecule has 0 aliphatic heterocycles. The van der Waals surface area contributed by atoms with E-state index in [9.17, 15) is 9.59 Å². The standard InChI is InChI=1S/C11H12Cl2N2O3/c1-6(16)5-14-10(17)11(18)15-9-4-7(12)2-3-8(9)13/h2-4,6,16H,5H2,1H3,(H,14,17)(H,15,18). The van der Waals surface area contributed by atoms with Gasteiger partial charge in [0.2, 0.25) is 0 Å². The first-order valence-corrected chi connectivity index (χ1v) is 5.88. The van der Waals surface area contributed by atoms with Crippen molar-refractivity contribution in [3.63, 3.8) is 0 Å². The van der Waals surface area contributed by atoms with Gasteiger partial charge in [0.15, 0.2) is 0 Å². The van der Waals surface area contributed by atoms with E-state index in [1.54, 1.807) is 6.07 Å². The number of carbonyl (C=O) groups is 2. The Morgan fingerprint density at radius 2 is 2.00 bits per heavy atom. The molecule has 0 saturated heterocycles. The topological polar surface area (TPSA) is 78.4 Å². The maximum atomic E-state index is 11.5. The molecule has 0 saturated carbocycles. The van der Waals surface area contributed by atoms with Gasteiger partial charge in [0.05, 0.1) is 16.8 Å². The lowest BCUT2D eigenvalue weighted by Crippen LogP contribution is -2.38. The second kappa shape index (κ2) is 6.58. The van der Waals surface area contributed by atoms with E-state index in [4.69, 9.17) is 28.3 Å². The van der Waals surface area contributed by atoms with Gasteiger partial charge < -0.3 is 15.7 Å². The van der Waals surface area contributed by atoms with Crippen molar-refractivity contribution in [2.75, 3.05) is 11.9 Å². The summed E-state index contributed by atoms with van der Waals surface area (Å²) >= 11 is 11.6. The lowest BCUT2D eigenvalue weighted by atomic mass is 10.3. The first kappa shape index (κ1) is 14.8. The van der Waals surface area contributed by atoms with Gasteiger partial charge >= 0.3 is 11.8 Å². The molecule has 0 spiro atoms. The minimum absolute atomic E-state index is 0.00443. The predicted molar refractivity (Wildman–Crippen MR) is 69.8 cm³/mol. The highest BCUT2D eigenvalue weighted by Crippen LogP contribution is 2.25. The monoisotopic (exact) mass is 290 g/mol. The van der Waals surface area contributed by atoms with Crippen LogP contribution in [0.5, 0.6) is 0 Å². The van der Waals surface area contributed by atoms with Crippen LogP contribution in [0.25, 0.3) is 0 Å². The van der Waals surface area contributed by atoms with Crippen molar-refractivity contribution in [3.8, 4) is 0 Å². The SMILES string of the molecule is CC(O)CNC(=O)C(=O)Nc1cc(Cl)ccc1Cl. The van der Waals surface area contributed by atoms with Crippen LogP contribution in [0.4, 0.5) is 5.69 Å². The van der Waals surface area contributed by atoms with E-state index in [1.807, 2.05) is 0 Å². The van der Waals surface area contributed by atoms with Crippen molar-refractivity contribution in [2.24, 2.45) is 0 Å². The average Bonchev–Trinajstić information content (AvgIpc) is 2.30. The number of benzene rings is 1. The van der Waals surface area contributed by atoms with Crippen molar-refractivity contribution < 1.29 is 14.7 Å². The van der Waals surface area contributed by atoms with Gasteiger partial charge in [-0.15, -0.1) is 0 Å². The molecule has 1 rings (SSSR count). The third kappa shape index (κ3) is 4.52. The van der Waals surface area contributed by atoms with E-state index in [0.29, 0.717) is 5.02 Å². The Morgan fingerprint density at radius 1 is 1.33 bits per heavy atom. The molecule has 1 aromatic carbocycles. The first-order chi connectivity index (χ1) is 8.40. The third-order valence-electron chi connectivity index (χ3n) is 1.94. The molecule has 3 N–H and O–H groups in total. The zero-order chi connectivity index (χ0) is 13.7. The number of nitrogens with one attached hydrogen (secondary N) is 2. The Kier molecular flexibility index (Phi) is 5.40.